The van der Waals surface area contributed by atoms with Crippen LogP contribution in [0.1, 0.15) is 341 Å². The fourth-order valence-electron chi connectivity index (χ4n) is 12.6. The predicted molar refractivity (Wildman–Crippen MR) is 365 cm³/mol. The van der Waals surface area contributed by atoms with Gasteiger partial charge in [0.1, 0.15) is 48.8 Å². The highest BCUT2D eigenvalue weighted by Crippen LogP contribution is 2.30. The van der Waals surface area contributed by atoms with E-state index in [9.17, 15) is 45.6 Å². The predicted octanol–water partition coefficient (Wildman–Crippen LogP) is 16.1. The van der Waals surface area contributed by atoms with E-state index in [0.29, 0.717) is 6.42 Å². The van der Waals surface area contributed by atoms with Crippen molar-refractivity contribution >= 4 is 5.91 Å². The van der Waals surface area contributed by atoms with Crippen molar-refractivity contribution < 1.29 is 64.6 Å². The van der Waals surface area contributed by atoms with Gasteiger partial charge in [-0.15, -0.1) is 0 Å². The molecule has 2 saturated heterocycles. The van der Waals surface area contributed by atoms with Gasteiger partial charge in [-0.25, -0.2) is 0 Å². The molecule has 14 nitrogen and oxygen atoms in total. The Morgan fingerprint density at radius 1 is 0.404 bits per heavy atom. The molecule has 0 aromatic heterocycles. The highest BCUT2D eigenvalue weighted by atomic mass is 16.7. The highest BCUT2D eigenvalue weighted by molar-refractivity contribution is 5.76. The Labute approximate surface area is 544 Å². The number of allylic oxidation sites excluding steroid dienone is 5. The zero-order chi connectivity index (χ0) is 64.5. The van der Waals surface area contributed by atoms with Crippen molar-refractivity contribution in [1.29, 1.82) is 0 Å². The third-order valence-corrected chi connectivity index (χ3v) is 18.6. The molecule has 2 rings (SSSR count). The summed E-state index contributed by atoms with van der Waals surface area (Å²) in [6.45, 7) is 2.84. The molecule has 89 heavy (non-hydrogen) atoms. The monoisotopic (exact) mass is 1260 g/mol. The van der Waals surface area contributed by atoms with Gasteiger partial charge in [-0.1, -0.05) is 320 Å². The zero-order valence-electron chi connectivity index (χ0n) is 57.2. The fraction of sp³-hybridized carbons (Fsp3) is 0.907. The summed E-state index contributed by atoms with van der Waals surface area (Å²) in [5, 5.41) is 87.5. The van der Waals surface area contributed by atoms with Crippen LogP contribution >= 0.6 is 0 Å². The second-order valence-corrected chi connectivity index (χ2v) is 26.8. The lowest BCUT2D eigenvalue weighted by Crippen LogP contribution is -2.65. The molecule has 12 atom stereocenters. The number of rotatable bonds is 63. The molecule has 0 aromatic carbocycles. The van der Waals surface area contributed by atoms with Gasteiger partial charge in [-0.2, -0.15) is 0 Å². The minimum absolute atomic E-state index is 0.232. The fourth-order valence-corrected chi connectivity index (χ4v) is 12.6. The average molecular weight is 1260 g/mol. The molecule has 2 heterocycles. The minimum Gasteiger partial charge on any atom is -0.394 e. The van der Waals surface area contributed by atoms with Crippen LogP contribution < -0.4 is 5.32 Å². The van der Waals surface area contributed by atoms with Gasteiger partial charge < -0.3 is 65.1 Å². The number of aliphatic hydroxyl groups excluding tert-OH is 8. The minimum atomic E-state index is -1.79. The first-order valence-corrected chi connectivity index (χ1v) is 37.7. The molecule has 524 valence electrons. The highest BCUT2D eigenvalue weighted by Gasteiger charge is 2.51. The van der Waals surface area contributed by atoms with E-state index < -0.39 is 86.8 Å². The molecule has 0 spiro atoms. The van der Waals surface area contributed by atoms with Gasteiger partial charge in [0.2, 0.25) is 5.91 Å². The quantitative estimate of drug-likeness (QED) is 0.0204. The van der Waals surface area contributed by atoms with Gasteiger partial charge >= 0.3 is 0 Å². The maximum atomic E-state index is 13.3. The summed E-state index contributed by atoms with van der Waals surface area (Å²) in [6.07, 6.45) is 60.8. The number of unbranched alkanes of at least 4 members (excludes halogenated alkanes) is 46. The molecule has 0 radical (unpaired) electrons. The summed E-state index contributed by atoms with van der Waals surface area (Å²) in [6, 6.07) is -0.913. The molecule has 1 amide bonds. The van der Waals surface area contributed by atoms with Crippen LogP contribution in [-0.2, 0) is 23.7 Å². The van der Waals surface area contributed by atoms with Gasteiger partial charge in [0.25, 0.3) is 0 Å². The lowest BCUT2D eigenvalue weighted by Gasteiger charge is -2.46. The number of ether oxygens (including phenoxy) is 4. The smallest absolute Gasteiger partial charge is 0.220 e. The van der Waals surface area contributed by atoms with Crippen LogP contribution in [0.4, 0.5) is 0 Å². The van der Waals surface area contributed by atoms with Crippen molar-refractivity contribution in [3.63, 3.8) is 0 Å². The third kappa shape index (κ3) is 43.7. The van der Waals surface area contributed by atoms with Gasteiger partial charge in [-0.3, -0.25) is 4.79 Å². The van der Waals surface area contributed by atoms with Gasteiger partial charge in [0.05, 0.1) is 32.0 Å². The molecular weight excluding hydrogens is 1120 g/mol. The summed E-state index contributed by atoms with van der Waals surface area (Å²) in [5.41, 5.74) is 0. The van der Waals surface area contributed by atoms with E-state index in [4.69, 9.17) is 18.9 Å². The molecule has 0 aromatic rings. The van der Waals surface area contributed by atoms with Crippen LogP contribution in [0.3, 0.4) is 0 Å². The Balaban J connectivity index is 1.58. The van der Waals surface area contributed by atoms with Crippen molar-refractivity contribution in [2.45, 2.75) is 415 Å². The SMILES string of the molecule is CCCCCCC/C=C\C/C=C\CCCCCCCCCCCCCCCCCCCCCCCCCCCC(=O)NC(COC1OC(CO)C(OC2OC(CO)C(O)C(O)C2O)C(O)C1O)C(O)/C=C/CCCCCCCCCCCCCCCCCC. The second-order valence-electron chi connectivity index (χ2n) is 26.8. The molecule has 12 unspecified atom stereocenters. The number of carbonyl (C=O) groups is 1. The van der Waals surface area contributed by atoms with Crippen LogP contribution in [0.5, 0.6) is 0 Å². The second kappa shape index (κ2) is 59.9. The number of carbonyl (C=O) groups excluding carboxylic acids is 1. The van der Waals surface area contributed by atoms with E-state index in [1.807, 2.05) is 6.08 Å². The molecule has 2 fully saturated rings. The first-order chi connectivity index (χ1) is 43.6. The Morgan fingerprint density at radius 2 is 0.742 bits per heavy atom. The molecule has 0 bridgehead atoms. The van der Waals surface area contributed by atoms with Gasteiger partial charge in [0, 0.05) is 6.42 Å². The van der Waals surface area contributed by atoms with Crippen molar-refractivity contribution in [2.24, 2.45) is 0 Å². The maximum Gasteiger partial charge on any atom is 0.220 e. The Bertz CT molecular complexity index is 1630. The molecule has 0 aliphatic carbocycles. The lowest BCUT2D eigenvalue weighted by molar-refractivity contribution is -0.359. The topological polar surface area (TPSA) is 228 Å². The van der Waals surface area contributed by atoms with Crippen molar-refractivity contribution in [3.8, 4) is 0 Å². The number of hydrogen-bond acceptors (Lipinski definition) is 13. The van der Waals surface area contributed by atoms with Crippen molar-refractivity contribution in [1.82, 2.24) is 5.32 Å². The lowest BCUT2D eigenvalue weighted by atomic mass is 9.97. The van der Waals surface area contributed by atoms with E-state index in [1.54, 1.807) is 6.08 Å². The summed E-state index contributed by atoms with van der Waals surface area (Å²) in [4.78, 5) is 13.3. The van der Waals surface area contributed by atoms with Gasteiger partial charge in [0.15, 0.2) is 12.6 Å². The molecule has 14 heteroatoms. The maximum absolute atomic E-state index is 13.3. The number of aliphatic hydroxyl groups is 8. The van der Waals surface area contributed by atoms with Crippen LogP contribution in [0, 0.1) is 0 Å². The standard InChI is InChI=1S/C75H141NO13/c1-3-5-7-9-11-13-15-17-19-21-23-24-25-26-27-28-29-30-31-32-33-34-35-36-37-38-39-40-41-43-45-47-49-51-53-55-57-59-67(80)76-63(64(79)58-56-54-52-50-48-46-44-42-22-20-18-16-14-12-10-8-6-4-2)62-86-74-72(85)70(83)73(66(61-78)88-74)89-75-71(84)69(82)68(81)65(60-77)87-75/h15,17,21,23,56,58,63-66,68-75,77-79,81-85H,3-14,16,18-20,22,24-55,57,59-62H2,1-2H3,(H,76,80)/b17-15-,23-21-,58-56+. The van der Waals surface area contributed by atoms with E-state index in [2.05, 4.69) is 43.5 Å². The Hall–Kier alpha value is -1.79. The average Bonchev–Trinajstić information content (AvgIpc) is 1.44. The summed E-state index contributed by atoms with van der Waals surface area (Å²) < 4.78 is 22.9. The van der Waals surface area contributed by atoms with E-state index >= 15 is 0 Å². The van der Waals surface area contributed by atoms with Crippen LogP contribution in [-0.4, -0.2) is 140 Å². The normalized spacial score (nSPS) is 23.2. The number of amides is 1. The third-order valence-electron chi connectivity index (χ3n) is 18.6. The molecule has 2 aliphatic rings. The first kappa shape index (κ1) is 83.3. The van der Waals surface area contributed by atoms with E-state index in [0.717, 1.165) is 44.9 Å². The van der Waals surface area contributed by atoms with E-state index in [1.165, 1.54) is 270 Å². The van der Waals surface area contributed by atoms with Crippen LogP contribution in [0.25, 0.3) is 0 Å². The summed E-state index contributed by atoms with van der Waals surface area (Å²) in [5.74, 6) is -0.232. The zero-order valence-corrected chi connectivity index (χ0v) is 57.2. The molecule has 0 saturated carbocycles. The Morgan fingerprint density at radius 3 is 1.12 bits per heavy atom. The summed E-state index contributed by atoms with van der Waals surface area (Å²) >= 11 is 0. The van der Waals surface area contributed by atoms with Crippen LogP contribution in [0.2, 0.25) is 0 Å². The van der Waals surface area contributed by atoms with Gasteiger partial charge in [-0.05, 0) is 51.4 Å². The van der Waals surface area contributed by atoms with Crippen molar-refractivity contribution in [3.05, 3.63) is 36.5 Å². The molecular formula is C75H141NO13. The number of hydrogen-bond donors (Lipinski definition) is 9. The Kier molecular flexibility index (Phi) is 56.1. The first-order valence-electron chi connectivity index (χ1n) is 37.7. The summed E-state index contributed by atoms with van der Waals surface area (Å²) in [7, 11) is 0. The molecule has 9 N–H and O–H groups in total. The van der Waals surface area contributed by atoms with Crippen molar-refractivity contribution in [2.75, 3.05) is 19.8 Å². The number of nitrogens with one attached hydrogen (secondary N) is 1. The van der Waals surface area contributed by atoms with E-state index in [-0.39, 0.29) is 18.9 Å². The molecule has 2 aliphatic heterocycles. The largest absolute Gasteiger partial charge is 0.394 e. The van der Waals surface area contributed by atoms with Crippen LogP contribution in [0.15, 0.2) is 36.5 Å².